The lowest BCUT2D eigenvalue weighted by atomic mass is 10.0. The zero-order valence-electron chi connectivity index (χ0n) is 11.6. The molecule has 1 N–H and O–H groups in total. The molecule has 0 radical (unpaired) electrons. The van der Waals surface area contributed by atoms with Gasteiger partial charge in [-0.25, -0.2) is 0 Å². The lowest BCUT2D eigenvalue weighted by Gasteiger charge is -2.18. The van der Waals surface area contributed by atoms with Crippen molar-refractivity contribution >= 4 is 5.69 Å². The lowest BCUT2D eigenvalue weighted by Crippen LogP contribution is -2.08. The van der Waals surface area contributed by atoms with Crippen LogP contribution in [0.4, 0.5) is 5.69 Å². The Morgan fingerprint density at radius 1 is 0.889 bits per heavy atom. The molecule has 0 heterocycles. The van der Waals surface area contributed by atoms with Gasteiger partial charge in [-0.1, -0.05) is 47.5 Å². The van der Waals surface area contributed by atoms with E-state index in [0.29, 0.717) is 6.04 Å². The standard InChI is InChI=1S/C17H21N/c1-12-9-13(2)11-16(10-12)15(4)18-17-8-6-5-7-14(17)3/h5-11,15,18H,1-4H3. The largest absolute Gasteiger partial charge is 0.378 e. The zero-order valence-corrected chi connectivity index (χ0v) is 11.6. The molecular formula is C17H21N. The molecule has 0 aliphatic rings. The Morgan fingerprint density at radius 3 is 2.11 bits per heavy atom. The SMILES string of the molecule is Cc1cc(C)cc(C(C)Nc2ccccc2C)c1. The monoisotopic (exact) mass is 239 g/mol. The van der Waals surface area contributed by atoms with Gasteiger partial charge >= 0.3 is 0 Å². The van der Waals surface area contributed by atoms with Crippen molar-refractivity contribution in [3.63, 3.8) is 0 Å². The maximum Gasteiger partial charge on any atom is 0.0485 e. The summed E-state index contributed by atoms with van der Waals surface area (Å²) in [7, 11) is 0. The number of rotatable bonds is 3. The highest BCUT2D eigenvalue weighted by Gasteiger charge is 2.07. The number of anilines is 1. The van der Waals surface area contributed by atoms with Gasteiger partial charge in [-0.2, -0.15) is 0 Å². The highest BCUT2D eigenvalue weighted by Crippen LogP contribution is 2.23. The second-order valence-electron chi connectivity index (χ2n) is 5.10. The molecule has 2 aromatic carbocycles. The maximum absolute atomic E-state index is 3.58. The van der Waals surface area contributed by atoms with Gasteiger partial charge in [-0.3, -0.25) is 0 Å². The number of benzene rings is 2. The fraction of sp³-hybridized carbons (Fsp3) is 0.294. The summed E-state index contributed by atoms with van der Waals surface area (Å²) in [5.74, 6) is 0. The number of hydrogen-bond acceptors (Lipinski definition) is 1. The molecule has 18 heavy (non-hydrogen) atoms. The van der Waals surface area contributed by atoms with Gasteiger partial charge in [-0.15, -0.1) is 0 Å². The van der Waals surface area contributed by atoms with E-state index in [1.54, 1.807) is 0 Å². The van der Waals surface area contributed by atoms with Crippen LogP contribution in [0.5, 0.6) is 0 Å². The molecule has 0 aromatic heterocycles. The Bertz CT molecular complexity index is 523. The van der Waals surface area contributed by atoms with Gasteiger partial charge in [-0.05, 0) is 44.9 Å². The number of hydrogen-bond donors (Lipinski definition) is 1. The van der Waals surface area contributed by atoms with Crippen LogP contribution in [0.25, 0.3) is 0 Å². The first kappa shape index (κ1) is 12.7. The molecule has 0 bridgehead atoms. The first-order valence-electron chi connectivity index (χ1n) is 6.46. The van der Waals surface area contributed by atoms with Crippen LogP contribution < -0.4 is 5.32 Å². The Kier molecular flexibility index (Phi) is 3.71. The third-order valence-corrected chi connectivity index (χ3v) is 3.26. The first-order valence-corrected chi connectivity index (χ1v) is 6.46. The molecule has 2 rings (SSSR count). The van der Waals surface area contributed by atoms with Crippen LogP contribution in [-0.2, 0) is 0 Å². The third kappa shape index (κ3) is 2.92. The van der Waals surface area contributed by atoms with Crippen molar-refractivity contribution in [2.45, 2.75) is 33.7 Å². The predicted molar refractivity (Wildman–Crippen MR) is 79.1 cm³/mol. The van der Waals surface area contributed by atoms with Crippen LogP contribution in [0.2, 0.25) is 0 Å². The van der Waals surface area contributed by atoms with E-state index in [1.807, 2.05) is 0 Å². The second-order valence-corrected chi connectivity index (χ2v) is 5.10. The molecule has 2 aromatic rings. The van der Waals surface area contributed by atoms with Crippen LogP contribution in [0.3, 0.4) is 0 Å². The summed E-state index contributed by atoms with van der Waals surface area (Å²) in [6.07, 6.45) is 0. The van der Waals surface area contributed by atoms with E-state index in [1.165, 1.54) is 27.9 Å². The Labute approximate surface area is 110 Å². The zero-order chi connectivity index (χ0) is 13.1. The highest BCUT2D eigenvalue weighted by atomic mass is 14.9. The van der Waals surface area contributed by atoms with E-state index >= 15 is 0 Å². The van der Waals surface area contributed by atoms with Crippen molar-refractivity contribution < 1.29 is 0 Å². The average Bonchev–Trinajstić information content (AvgIpc) is 2.31. The molecule has 1 nitrogen and oxygen atoms in total. The minimum Gasteiger partial charge on any atom is -0.378 e. The van der Waals surface area contributed by atoms with E-state index in [4.69, 9.17) is 0 Å². The van der Waals surface area contributed by atoms with Gasteiger partial charge in [0.25, 0.3) is 0 Å². The second kappa shape index (κ2) is 5.26. The molecule has 0 fully saturated rings. The summed E-state index contributed by atoms with van der Waals surface area (Å²) < 4.78 is 0. The molecule has 0 saturated carbocycles. The molecule has 0 aliphatic heterocycles. The quantitative estimate of drug-likeness (QED) is 0.812. The van der Waals surface area contributed by atoms with Gasteiger partial charge < -0.3 is 5.32 Å². The van der Waals surface area contributed by atoms with Gasteiger partial charge in [0, 0.05) is 11.7 Å². The van der Waals surface area contributed by atoms with Crippen molar-refractivity contribution in [3.8, 4) is 0 Å². The van der Waals surface area contributed by atoms with Crippen molar-refractivity contribution in [2.24, 2.45) is 0 Å². The summed E-state index contributed by atoms with van der Waals surface area (Å²) in [4.78, 5) is 0. The summed E-state index contributed by atoms with van der Waals surface area (Å²) >= 11 is 0. The van der Waals surface area contributed by atoms with Gasteiger partial charge in [0.1, 0.15) is 0 Å². The Balaban J connectivity index is 2.22. The first-order chi connectivity index (χ1) is 8.56. The summed E-state index contributed by atoms with van der Waals surface area (Å²) in [5, 5.41) is 3.58. The summed E-state index contributed by atoms with van der Waals surface area (Å²) in [6.45, 7) is 8.64. The van der Waals surface area contributed by atoms with Crippen molar-refractivity contribution in [2.75, 3.05) is 5.32 Å². The van der Waals surface area contributed by atoms with E-state index in [0.717, 1.165) is 0 Å². The molecule has 1 unspecified atom stereocenters. The van der Waals surface area contributed by atoms with Crippen LogP contribution in [0, 0.1) is 20.8 Å². The molecule has 0 saturated heterocycles. The molecule has 1 heteroatoms. The smallest absolute Gasteiger partial charge is 0.0485 e. The Morgan fingerprint density at radius 2 is 1.50 bits per heavy atom. The Hall–Kier alpha value is -1.76. The van der Waals surface area contributed by atoms with Crippen molar-refractivity contribution in [3.05, 3.63) is 64.7 Å². The van der Waals surface area contributed by atoms with Crippen LogP contribution in [-0.4, -0.2) is 0 Å². The van der Waals surface area contributed by atoms with Crippen molar-refractivity contribution in [1.29, 1.82) is 0 Å². The van der Waals surface area contributed by atoms with Crippen LogP contribution in [0.15, 0.2) is 42.5 Å². The molecule has 0 aliphatic carbocycles. The number of aryl methyl sites for hydroxylation is 3. The molecule has 1 atom stereocenters. The minimum absolute atomic E-state index is 0.324. The van der Waals surface area contributed by atoms with Crippen LogP contribution >= 0.6 is 0 Å². The molecule has 0 amide bonds. The molecule has 94 valence electrons. The van der Waals surface area contributed by atoms with E-state index in [2.05, 4.69) is 75.5 Å². The molecular weight excluding hydrogens is 218 g/mol. The van der Waals surface area contributed by atoms with Crippen molar-refractivity contribution in [1.82, 2.24) is 0 Å². The summed E-state index contributed by atoms with van der Waals surface area (Å²) in [6, 6.07) is 15.5. The number of para-hydroxylation sites is 1. The summed E-state index contributed by atoms with van der Waals surface area (Å²) in [5.41, 5.74) is 6.49. The maximum atomic E-state index is 3.58. The van der Waals surface area contributed by atoms with E-state index in [-0.39, 0.29) is 0 Å². The molecule has 0 spiro atoms. The normalized spacial score (nSPS) is 12.2. The highest BCUT2D eigenvalue weighted by molar-refractivity contribution is 5.52. The lowest BCUT2D eigenvalue weighted by molar-refractivity contribution is 0.878. The van der Waals surface area contributed by atoms with Crippen LogP contribution in [0.1, 0.15) is 35.2 Å². The van der Waals surface area contributed by atoms with Gasteiger partial charge in [0.2, 0.25) is 0 Å². The third-order valence-electron chi connectivity index (χ3n) is 3.26. The predicted octanol–water partition coefficient (Wildman–Crippen LogP) is 4.78. The van der Waals surface area contributed by atoms with E-state index in [9.17, 15) is 0 Å². The number of nitrogens with one attached hydrogen (secondary N) is 1. The fourth-order valence-electron chi connectivity index (χ4n) is 2.31. The van der Waals surface area contributed by atoms with Gasteiger partial charge in [0.15, 0.2) is 0 Å². The minimum atomic E-state index is 0.324. The fourth-order valence-corrected chi connectivity index (χ4v) is 2.31. The average molecular weight is 239 g/mol. The topological polar surface area (TPSA) is 12.0 Å². The van der Waals surface area contributed by atoms with E-state index < -0.39 is 0 Å². The van der Waals surface area contributed by atoms with Gasteiger partial charge in [0.05, 0.1) is 0 Å².